The fourth-order valence-electron chi connectivity index (χ4n) is 2.78. The second kappa shape index (κ2) is 9.97. The van der Waals surface area contributed by atoms with Gasteiger partial charge in [-0.05, 0) is 48.9 Å². The average Bonchev–Trinajstić information content (AvgIpc) is 3.28. The van der Waals surface area contributed by atoms with E-state index in [1.807, 2.05) is 6.92 Å². The van der Waals surface area contributed by atoms with E-state index in [1.54, 1.807) is 60.7 Å². The van der Waals surface area contributed by atoms with Gasteiger partial charge in [0.2, 0.25) is 0 Å². The van der Waals surface area contributed by atoms with Gasteiger partial charge >= 0.3 is 6.03 Å². The van der Waals surface area contributed by atoms with Crippen molar-refractivity contribution in [2.45, 2.75) is 13.0 Å². The molecule has 9 heteroatoms. The van der Waals surface area contributed by atoms with Gasteiger partial charge in [-0.2, -0.15) is 0 Å². The SMILES string of the molecule is CC(NC(=O)COc1cccc(NC(=O)c2ccco2)c1)c1ccc(NC(N)=O)cc1. The van der Waals surface area contributed by atoms with Gasteiger partial charge in [0, 0.05) is 17.4 Å². The van der Waals surface area contributed by atoms with Crippen LogP contribution in [0.3, 0.4) is 0 Å². The molecule has 9 nitrogen and oxygen atoms in total. The first-order chi connectivity index (χ1) is 14.9. The van der Waals surface area contributed by atoms with Crippen molar-refractivity contribution in [3.05, 3.63) is 78.3 Å². The van der Waals surface area contributed by atoms with Crippen molar-refractivity contribution < 1.29 is 23.5 Å². The first kappa shape index (κ1) is 21.4. The number of anilines is 2. The van der Waals surface area contributed by atoms with E-state index >= 15 is 0 Å². The van der Waals surface area contributed by atoms with Crippen LogP contribution in [0.15, 0.2) is 71.3 Å². The van der Waals surface area contributed by atoms with Crippen molar-refractivity contribution in [3.63, 3.8) is 0 Å². The number of hydrogen-bond acceptors (Lipinski definition) is 5. The number of furan rings is 1. The smallest absolute Gasteiger partial charge is 0.316 e. The highest BCUT2D eigenvalue weighted by molar-refractivity contribution is 6.02. The van der Waals surface area contributed by atoms with Gasteiger partial charge in [-0.15, -0.1) is 0 Å². The van der Waals surface area contributed by atoms with Crippen LogP contribution in [0.25, 0.3) is 0 Å². The van der Waals surface area contributed by atoms with Crippen molar-refractivity contribution in [1.82, 2.24) is 5.32 Å². The second-order valence-corrected chi connectivity index (χ2v) is 6.65. The summed E-state index contributed by atoms with van der Waals surface area (Å²) >= 11 is 0. The molecule has 1 aromatic heterocycles. The normalized spacial score (nSPS) is 11.3. The summed E-state index contributed by atoms with van der Waals surface area (Å²) in [5, 5.41) is 8.00. The minimum Gasteiger partial charge on any atom is -0.484 e. The van der Waals surface area contributed by atoms with Gasteiger partial charge in [0.15, 0.2) is 12.4 Å². The number of nitrogens with one attached hydrogen (secondary N) is 3. The molecule has 0 saturated carbocycles. The third kappa shape index (κ3) is 6.36. The molecular formula is C22H22N4O5. The first-order valence-corrected chi connectivity index (χ1v) is 9.44. The van der Waals surface area contributed by atoms with Crippen LogP contribution in [-0.2, 0) is 4.79 Å². The van der Waals surface area contributed by atoms with Crippen LogP contribution < -0.4 is 26.4 Å². The molecule has 0 aliphatic carbocycles. The molecule has 0 bridgehead atoms. The van der Waals surface area contributed by atoms with Crippen LogP contribution in [0.2, 0.25) is 0 Å². The molecule has 5 N–H and O–H groups in total. The fourth-order valence-corrected chi connectivity index (χ4v) is 2.78. The lowest BCUT2D eigenvalue weighted by molar-refractivity contribution is -0.123. The summed E-state index contributed by atoms with van der Waals surface area (Å²) in [4.78, 5) is 35.1. The molecule has 0 spiro atoms. The predicted molar refractivity (Wildman–Crippen MR) is 115 cm³/mol. The van der Waals surface area contributed by atoms with Crippen molar-refractivity contribution in [1.29, 1.82) is 0 Å². The van der Waals surface area contributed by atoms with Crippen LogP contribution in [0.5, 0.6) is 5.75 Å². The third-order valence-electron chi connectivity index (χ3n) is 4.26. The highest BCUT2D eigenvalue weighted by Crippen LogP contribution is 2.19. The summed E-state index contributed by atoms with van der Waals surface area (Å²) in [6.07, 6.45) is 1.42. The number of amides is 4. The molecular weight excluding hydrogens is 400 g/mol. The number of primary amides is 1. The first-order valence-electron chi connectivity index (χ1n) is 9.44. The largest absolute Gasteiger partial charge is 0.484 e. The average molecular weight is 422 g/mol. The molecule has 2 aromatic carbocycles. The van der Waals surface area contributed by atoms with E-state index in [9.17, 15) is 14.4 Å². The van der Waals surface area contributed by atoms with Gasteiger partial charge in [-0.3, -0.25) is 9.59 Å². The molecule has 160 valence electrons. The number of hydrogen-bond donors (Lipinski definition) is 4. The maximum atomic E-state index is 12.2. The Hall–Kier alpha value is -4.27. The van der Waals surface area contributed by atoms with E-state index in [1.165, 1.54) is 6.26 Å². The minimum atomic E-state index is -0.643. The maximum absolute atomic E-state index is 12.2. The van der Waals surface area contributed by atoms with Crippen molar-refractivity contribution >= 4 is 29.2 Å². The molecule has 0 aliphatic rings. The van der Waals surface area contributed by atoms with Crippen molar-refractivity contribution in [2.75, 3.05) is 17.2 Å². The number of carbonyl (C=O) groups is 3. The van der Waals surface area contributed by atoms with Crippen LogP contribution in [0.4, 0.5) is 16.2 Å². The standard InChI is InChI=1S/C22H22N4O5/c1-14(15-7-9-16(10-8-15)26-22(23)29)24-20(27)13-31-18-5-2-4-17(12-18)25-21(28)19-6-3-11-30-19/h2-12,14H,13H2,1H3,(H,24,27)(H,25,28)(H3,23,26,29). The molecule has 1 atom stereocenters. The van der Waals surface area contributed by atoms with Gasteiger partial charge < -0.3 is 30.8 Å². The number of carbonyl (C=O) groups excluding carboxylic acids is 3. The molecule has 3 aromatic rings. The summed E-state index contributed by atoms with van der Waals surface area (Å²) in [5.74, 6) is -0.0670. The van der Waals surface area contributed by atoms with Crippen LogP contribution >= 0.6 is 0 Å². The summed E-state index contributed by atoms with van der Waals surface area (Å²) < 4.78 is 10.6. The van der Waals surface area contributed by atoms with Crippen LogP contribution in [-0.4, -0.2) is 24.5 Å². The topological polar surface area (TPSA) is 136 Å². The van der Waals surface area contributed by atoms with E-state index in [0.29, 0.717) is 17.1 Å². The van der Waals surface area contributed by atoms with Crippen LogP contribution in [0.1, 0.15) is 29.1 Å². The van der Waals surface area contributed by atoms with E-state index in [2.05, 4.69) is 16.0 Å². The number of urea groups is 1. The van der Waals surface area contributed by atoms with E-state index in [4.69, 9.17) is 14.9 Å². The molecule has 3 rings (SSSR count). The Bertz CT molecular complexity index is 1050. The van der Waals surface area contributed by atoms with Crippen LogP contribution in [0, 0.1) is 0 Å². The monoisotopic (exact) mass is 422 g/mol. The zero-order valence-electron chi connectivity index (χ0n) is 16.8. The number of benzene rings is 2. The quantitative estimate of drug-likeness (QED) is 0.442. The van der Waals surface area contributed by atoms with E-state index in [-0.39, 0.29) is 30.2 Å². The Morgan fingerprint density at radius 1 is 1.00 bits per heavy atom. The number of nitrogens with two attached hydrogens (primary N) is 1. The highest BCUT2D eigenvalue weighted by Gasteiger charge is 2.12. The minimum absolute atomic E-state index is 0.193. The lowest BCUT2D eigenvalue weighted by Crippen LogP contribution is -2.31. The molecule has 1 unspecified atom stereocenters. The molecule has 0 radical (unpaired) electrons. The van der Waals surface area contributed by atoms with Gasteiger partial charge in [0.25, 0.3) is 11.8 Å². The van der Waals surface area contributed by atoms with Gasteiger partial charge in [-0.25, -0.2) is 4.79 Å². The van der Waals surface area contributed by atoms with Gasteiger partial charge in [-0.1, -0.05) is 18.2 Å². The summed E-state index contributed by atoms with van der Waals surface area (Å²) in [6, 6.07) is 15.9. The highest BCUT2D eigenvalue weighted by atomic mass is 16.5. The molecule has 1 heterocycles. The Morgan fingerprint density at radius 3 is 2.45 bits per heavy atom. The predicted octanol–water partition coefficient (Wildman–Crippen LogP) is 3.28. The Balaban J connectivity index is 1.50. The molecule has 0 saturated heterocycles. The maximum Gasteiger partial charge on any atom is 0.316 e. The summed E-state index contributed by atoms with van der Waals surface area (Å²) in [5.41, 5.74) is 7.01. The summed E-state index contributed by atoms with van der Waals surface area (Å²) in [6.45, 7) is 1.64. The zero-order chi connectivity index (χ0) is 22.2. The summed E-state index contributed by atoms with van der Waals surface area (Å²) in [7, 11) is 0. The van der Waals surface area contributed by atoms with Crippen molar-refractivity contribution in [2.24, 2.45) is 5.73 Å². The number of ether oxygens (including phenoxy) is 1. The van der Waals surface area contributed by atoms with E-state index in [0.717, 1.165) is 5.56 Å². The third-order valence-corrected chi connectivity index (χ3v) is 4.26. The number of rotatable bonds is 8. The Labute approximate surface area is 178 Å². The molecule has 0 aliphatic heterocycles. The molecule has 31 heavy (non-hydrogen) atoms. The zero-order valence-corrected chi connectivity index (χ0v) is 16.8. The lowest BCUT2D eigenvalue weighted by Gasteiger charge is -2.15. The Morgan fingerprint density at radius 2 is 1.77 bits per heavy atom. The molecule has 4 amide bonds. The van der Waals surface area contributed by atoms with Gasteiger partial charge in [0.05, 0.1) is 12.3 Å². The fraction of sp³-hybridized carbons (Fsp3) is 0.136. The van der Waals surface area contributed by atoms with Gasteiger partial charge in [0.1, 0.15) is 5.75 Å². The van der Waals surface area contributed by atoms with E-state index < -0.39 is 6.03 Å². The lowest BCUT2D eigenvalue weighted by atomic mass is 10.1. The Kier molecular flexibility index (Phi) is 6.89. The molecule has 0 fully saturated rings. The second-order valence-electron chi connectivity index (χ2n) is 6.65. The van der Waals surface area contributed by atoms with Crippen molar-refractivity contribution in [3.8, 4) is 5.75 Å².